The van der Waals surface area contributed by atoms with Crippen molar-refractivity contribution in [1.82, 2.24) is 15.5 Å². The second kappa shape index (κ2) is 4.94. The van der Waals surface area contributed by atoms with E-state index in [2.05, 4.69) is 46.7 Å². The molecule has 0 unspecified atom stereocenters. The lowest BCUT2D eigenvalue weighted by atomic mass is 10.1. The first-order valence-corrected chi connectivity index (χ1v) is 5.51. The van der Waals surface area contributed by atoms with Crippen LogP contribution >= 0.6 is 0 Å². The summed E-state index contributed by atoms with van der Waals surface area (Å²) in [4.78, 5) is 0. The third kappa shape index (κ3) is 2.70. The Kier molecular flexibility index (Phi) is 3.37. The van der Waals surface area contributed by atoms with Gasteiger partial charge in [-0.05, 0) is 19.4 Å². The summed E-state index contributed by atoms with van der Waals surface area (Å²) in [5, 5.41) is 10.3. The minimum Gasteiger partial charge on any atom is -0.308 e. The molecule has 0 aliphatic rings. The molecular weight excluding hydrogens is 198 g/mol. The molecule has 2 aromatic rings. The number of H-pyrrole nitrogens is 1. The summed E-state index contributed by atoms with van der Waals surface area (Å²) >= 11 is 0. The summed E-state index contributed by atoms with van der Waals surface area (Å²) in [5.74, 6) is 0. The van der Waals surface area contributed by atoms with Crippen molar-refractivity contribution in [2.75, 3.05) is 0 Å². The van der Waals surface area contributed by atoms with Crippen LogP contribution in [0.1, 0.15) is 22.4 Å². The van der Waals surface area contributed by atoms with Gasteiger partial charge in [-0.2, -0.15) is 5.10 Å². The SMILES string of the molecule is Cc1ccc(CNCc2cn[nH]c2C)cc1. The van der Waals surface area contributed by atoms with Crippen LogP contribution in [0.15, 0.2) is 30.5 Å². The van der Waals surface area contributed by atoms with Crippen molar-refractivity contribution >= 4 is 0 Å². The summed E-state index contributed by atoms with van der Waals surface area (Å²) in [5.41, 5.74) is 4.98. The van der Waals surface area contributed by atoms with Gasteiger partial charge in [-0.15, -0.1) is 0 Å². The maximum Gasteiger partial charge on any atom is 0.0535 e. The second-order valence-electron chi connectivity index (χ2n) is 4.11. The largest absolute Gasteiger partial charge is 0.308 e. The molecule has 0 aliphatic heterocycles. The van der Waals surface area contributed by atoms with E-state index >= 15 is 0 Å². The Balaban J connectivity index is 1.84. The molecular formula is C13H17N3. The Morgan fingerprint density at radius 2 is 1.88 bits per heavy atom. The second-order valence-corrected chi connectivity index (χ2v) is 4.11. The van der Waals surface area contributed by atoms with E-state index in [9.17, 15) is 0 Å². The average molecular weight is 215 g/mol. The molecule has 1 aromatic carbocycles. The van der Waals surface area contributed by atoms with Crippen LogP contribution in [0.2, 0.25) is 0 Å². The quantitative estimate of drug-likeness (QED) is 0.821. The van der Waals surface area contributed by atoms with Crippen LogP contribution in [-0.4, -0.2) is 10.2 Å². The van der Waals surface area contributed by atoms with E-state index in [4.69, 9.17) is 0 Å². The first kappa shape index (κ1) is 10.9. The van der Waals surface area contributed by atoms with Crippen molar-refractivity contribution in [2.45, 2.75) is 26.9 Å². The molecule has 84 valence electrons. The van der Waals surface area contributed by atoms with Gasteiger partial charge in [0.05, 0.1) is 6.20 Å². The molecule has 3 nitrogen and oxygen atoms in total. The molecule has 0 spiro atoms. The number of aromatic amines is 1. The van der Waals surface area contributed by atoms with Crippen LogP contribution in [0.5, 0.6) is 0 Å². The molecule has 0 saturated carbocycles. The Labute approximate surface area is 95.9 Å². The molecule has 0 atom stereocenters. The zero-order chi connectivity index (χ0) is 11.4. The molecule has 16 heavy (non-hydrogen) atoms. The molecule has 0 aliphatic carbocycles. The Hall–Kier alpha value is -1.61. The number of benzene rings is 1. The smallest absolute Gasteiger partial charge is 0.0535 e. The molecule has 1 heterocycles. The predicted octanol–water partition coefficient (Wildman–Crippen LogP) is 2.32. The maximum atomic E-state index is 3.99. The number of aryl methyl sites for hydroxylation is 2. The average Bonchev–Trinajstić information content (AvgIpc) is 2.68. The summed E-state index contributed by atoms with van der Waals surface area (Å²) in [6.07, 6.45) is 1.87. The van der Waals surface area contributed by atoms with Gasteiger partial charge in [-0.3, -0.25) is 5.10 Å². The van der Waals surface area contributed by atoms with Crippen LogP contribution in [0.3, 0.4) is 0 Å². The highest BCUT2D eigenvalue weighted by Crippen LogP contribution is 2.04. The number of hydrogen-bond acceptors (Lipinski definition) is 2. The minimum atomic E-state index is 0.857. The van der Waals surface area contributed by atoms with Gasteiger partial charge in [0.25, 0.3) is 0 Å². The number of hydrogen-bond donors (Lipinski definition) is 2. The van der Waals surface area contributed by atoms with Gasteiger partial charge in [0.1, 0.15) is 0 Å². The van der Waals surface area contributed by atoms with E-state index in [1.807, 2.05) is 13.1 Å². The zero-order valence-electron chi connectivity index (χ0n) is 9.75. The molecule has 3 heteroatoms. The van der Waals surface area contributed by atoms with Crippen molar-refractivity contribution < 1.29 is 0 Å². The Morgan fingerprint density at radius 1 is 1.12 bits per heavy atom. The van der Waals surface area contributed by atoms with Crippen LogP contribution in [0.4, 0.5) is 0 Å². The highest BCUT2D eigenvalue weighted by molar-refractivity contribution is 5.21. The summed E-state index contributed by atoms with van der Waals surface area (Å²) in [6.45, 7) is 5.89. The van der Waals surface area contributed by atoms with Gasteiger partial charge in [-0.25, -0.2) is 0 Å². The van der Waals surface area contributed by atoms with Gasteiger partial charge in [0.2, 0.25) is 0 Å². The lowest BCUT2D eigenvalue weighted by molar-refractivity contribution is 0.691. The van der Waals surface area contributed by atoms with Crippen molar-refractivity contribution in [3.05, 3.63) is 52.8 Å². The Bertz CT molecular complexity index is 442. The Morgan fingerprint density at radius 3 is 2.50 bits per heavy atom. The van der Waals surface area contributed by atoms with E-state index in [1.54, 1.807) is 0 Å². The first-order chi connectivity index (χ1) is 7.75. The normalized spacial score (nSPS) is 10.6. The highest BCUT2D eigenvalue weighted by Gasteiger charge is 1.99. The molecule has 2 rings (SSSR count). The first-order valence-electron chi connectivity index (χ1n) is 5.51. The van der Waals surface area contributed by atoms with Gasteiger partial charge in [0.15, 0.2) is 0 Å². The topological polar surface area (TPSA) is 40.7 Å². The van der Waals surface area contributed by atoms with Crippen molar-refractivity contribution in [3.8, 4) is 0 Å². The monoisotopic (exact) mass is 215 g/mol. The highest BCUT2D eigenvalue weighted by atomic mass is 15.1. The van der Waals surface area contributed by atoms with Gasteiger partial charge < -0.3 is 5.32 Å². The minimum absolute atomic E-state index is 0.857. The molecule has 0 bridgehead atoms. The van der Waals surface area contributed by atoms with Crippen molar-refractivity contribution in [3.63, 3.8) is 0 Å². The van der Waals surface area contributed by atoms with Crippen LogP contribution in [0.25, 0.3) is 0 Å². The van der Waals surface area contributed by atoms with E-state index in [1.165, 1.54) is 16.7 Å². The van der Waals surface area contributed by atoms with E-state index in [0.717, 1.165) is 18.8 Å². The van der Waals surface area contributed by atoms with Crippen molar-refractivity contribution in [2.24, 2.45) is 0 Å². The lowest BCUT2D eigenvalue weighted by Crippen LogP contribution is -2.12. The summed E-state index contributed by atoms with van der Waals surface area (Å²) in [6, 6.07) is 8.59. The maximum absolute atomic E-state index is 3.99. The fourth-order valence-corrected chi connectivity index (χ4v) is 1.60. The van der Waals surface area contributed by atoms with Crippen molar-refractivity contribution in [1.29, 1.82) is 0 Å². The molecule has 2 N–H and O–H groups in total. The molecule has 1 aromatic heterocycles. The number of nitrogens with one attached hydrogen (secondary N) is 2. The third-order valence-corrected chi connectivity index (χ3v) is 2.70. The van der Waals surface area contributed by atoms with Crippen LogP contribution in [0, 0.1) is 13.8 Å². The van der Waals surface area contributed by atoms with E-state index < -0.39 is 0 Å². The molecule has 0 saturated heterocycles. The van der Waals surface area contributed by atoms with Gasteiger partial charge >= 0.3 is 0 Å². The number of aromatic nitrogens is 2. The fraction of sp³-hybridized carbons (Fsp3) is 0.308. The van der Waals surface area contributed by atoms with E-state index in [-0.39, 0.29) is 0 Å². The van der Waals surface area contributed by atoms with Crippen LogP contribution in [-0.2, 0) is 13.1 Å². The number of nitrogens with zero attached hydrogens (tertiary/aromatic N) is 1. The van der Waals surface area contributed by atoms with E-state index in [0.29, 0.717) is 0 Å². The molecule has 0 amide bonds. The summed E-state index contributed by atoms with van der Waals surface area (Å²) in [7, 11) is 0. The lowest BCUT2D eigenvalue weighted by Gasteiger charge is -2.04. The zero-order valence-corrected chi connectivity index (χ0v) is 9.75. The number of rotatable bonds is 4. The third-order valence-electron chi connectivity index (χ3n) is 2.70. The predicted molar refractivity (Wildman–Crippen MR) is 65.0 cm³/mol. The molecule has 0 radical (unpaired) electrons. The fourth-order valence-electron chi connectivity index (χ4n) is 1.60. The standard InChI is InChI=1S/C13H17N3/c1-10-3-5-12(6-4-10)7-14-8-13-9-15-16-11(13)2/h3-6,9,14H,7-8H2,1-2H3,(H,15,16). The molecule has 0 fully saturated rings. The van der Waals surface area contributed by atoms with Gasteiger partial charge in [0, 0.05) is 24.3 Å². The van der Waals surface area contributed by atoms with Crippen LogP contribution < -0.4 is 5.32 Å². The summed E-state index contributed by atoms with van der Waals surface area (Å²) < 4.78 is 0. The van der Waals surface area contributed by atoms with Gasteiger partial charge in [-0.1, -0.05) is 29.8 Å².